The third-order valence-electron chi connectivity index (χ3n) is 4.65. The second kappa shape index (κ2) is 11.0. The van der Waals surface area contributed by atoms with Crippen LogP contribution < -0.4 is 10.2 Å². The third kappa shape index (κ3) is 5.97. The first-order chi connectivity index (χ1) is 14.6. The summed E-state index contributed by atoms with van der Waals surface area (Å²) in [6.45, 7) is 5.77. The summed E-state index contributed by atoms with van der Waals surface area (Å²) < 4.78 is 0. The molecule has 3 rings (SSSR count). The van der Waals surface area contributed by atoms with Crippen molar-refractivity contribution < 1.29 is 4.79 Å². The molecule has 2 aromatic carbocycles. The van der Waals surface area contributed by atoms with Gasteiger partial charge in [0.15, 0.2) is 5.16 Å². The van der Waals surface area contributed by atoms with E-state index in [-0.39, 0.29) is 17.7 Å². The molecule has 7 heteroatoms. The van der Waals surface area contributed by atoms with Gasteiger partial charge in [0.1, 0.15) is 11.0 Å². The van der Waals surface area contributed by atoms with E-state index in [1.54, 1.807) is 6.07 Å². The Morgan fingerprint density at radius 1 is 1.00 bits per heavy atom. The number of benzene rings is 2. The molecular weight excluding hydrogens is 416 g/mol. The van der Waals surface area contributed by atoms with Gasteiger partial charge >= 0.3 is 0 Å². The number of thioether (sulfide) groups is 1. The fraction of sp³-hybridized carbons (Fsp3) is 0.261. The molecule has 1 N–H and O–H groups in total. The number of amides is 1. The number of rotatable bonds is 9. The Bertz CT molecular complexity index is 912. The second-order valence-electron chi connectivity index (χ2n) is 6.61. The Labute approximate surface area is 186 Å². The van der Waals surface area contributed by atoms with E-state index in [1.165, 1.54) is 11.8 Å². The van der Waals surface area contributed by atoms with Crippen molar-refractivity contribution in [3.63, 3.8) is 0 Å². The Kier molecular flexibility index (Phi) is 8.11. The second-order valence-corrected chi connectivity index (χ2v) is 7.94. The lowest BCUT2D eigenvalue weighted by molar-refractivity contribution is -0.119. The van der Waals surface area contributed by atoms with E-state index in [1.807, 2.05) is 60.7 Å². The largest absolute Gasteiger partial charge is 0.357 e. The average molecular weight is 441 g/mol. The molecule has 0 spiro atoms. The van der Waals surface area contributed by atoms with E-state index in [0.29, 0.717) is 10.3 Å². The van der Waals surface area contributed by atoms with Crippen LogP contribution in [0.1, 0.15) is 31.0 Å². The number of aromatic nitrogens is 2. The summed E-state index contributed by atoms with van der Waals surface area (Å²) in [6, 6.07) is 21.4. The number of hydrogen-bond donors (Lipinski definition) is 1. The highest BCUT2D eigenvalue weighted by Crippen LogP contribution is 2.24. The molecule has 0 unspecified atom stereocenters. The van der Waals surface area contributed by atoms with E-state index in [0.717, 1.165) is 30.0 Å². The van der Waals surface area contributed by atoms with Gasteiger partial charge in [0, 0.05) is 19.2 Å². The zero-order valence-electron chi connectivity index (χ0n) is 17.1. The molecule has 0 saturated heterocycles. The molecule has 1 heterocycles. The first-order valence-electron chi connectivity index (χ1n) is 9.92. The summed E-state index contributed by atoms with van der Waals surface area (Å²) in [6.07, 6.45) is 0. The van der Waals surface area contributed by atoms with Gasteiger partial charge in [0.25, 0.3) is 0 Å². The minimum atomic E-state index is -0.216. The molecule has 5 nitrogen and oxygen atoms in total. The lowest BCUT2D eigenvalue weighted by atomic mass is 9.99. The van der Waals surface area contributed by atoms with Crippen molar-refractivity contribution >= 4 is 35.1 Å². The lowest BCUT2D eigenvalue weighted by Gasteiger charge is -2.21. The Hall–Kier alpha value is -2.57. The zero-order chi connectivity index (χ0) is 21.3. The summed E-state index contributed by atoms with van der Waals surface area (Å²) in [7, 11) is 0. The first-order valence-corrected chi connectivity index (χ1v) is 11.3. The van der Waals surface area contributed by atoms with E-state index in [2.05, 4.69) is 34.0 Å². The molecule has 1 aromatic heterocycles. The van der Waals surface area contributed by atoms with Crippen LogP contribution in [-0.4, -0.2) is 34.7 Å². The predicted molar refractivity (Wildman–Crippen MR) is 124 cm³/mol. The van der Waals surface area contributed by atoms with Crippen LogP contribution in [0, 0.1) is 0 Å². The average Bonchev–Trinajstić information content (AvgIpc) is 2.78. The van der Waals surface area contributed by atoms with Crippen molar-refractivity contribution in [2.45, 2.75) is 25.0 Å². The fourth-order valence-electron chi connectivity index (χ4n) is 3.14. The van der Waals surface area contributed by atoms with Gasteiger partial charge in [-0.3, -0.25) is 4.79 Å². The molecular formula is C23H25ClN4OS. The van der Waals surface area contributed by atoms with Gasteiger partial charge in [-0.25, -0.2) is 9.97 Å². The summed E-state index contributed by atoms with van der Waals surface area (Å²) in [4.78, 5) is 23.7. The Morgan fingerprint density at radius 3 is 2.10 bits per heavy atom. The standard InChI is InChI=1S/C23H25ClN4OS/c1-3-28(4-2)20-15-19(24)25-23(26-20)30-16-21(29)27-22(17-11-7-5-8-12-17)18-13-9-6-10-14-18/h5-15,22H,3-4,16H2,1-2H3,(H,27,29). The molecule has 0 atom stereocenters. The fourth-order valence-corrected chi connectivity index (χ4v) is 4.03. The van der Waals surface area contributed by atoms with Crippen molar-refractivity contribution in [3.05, 3.63) is 83.0 Å². The van der Waals surface area contributed by atoms with Crippen molar-refractivity contribution in [3.8, 4) is 0 Å². The molecule has 30 heavy (non-hydrogen) atoms. The zero-order valence-corrected chi connectivity index (χ0v) is 18.7. The number of carbonyl (C=O) groups excluding carboxylic acids is 1. The van der Waals surface area contributed by atoms with Gasteiger partial charge in [0.05, 0.1) is 11.8 Å². The van der Waals surface area contributed by atoms with E-state index >= 15 is 0 Å². The number of hydrogen-bond acceptors (Lipinski definition) is 5. The Morgan fingerprint density at radius 2 is 1.57 bits per heavy atom. The molecule has 1 amide bonds. The summed E-state index contributed by atoms with van der Waals surface area (Å²) >= 11 is 7.46. The van der Waals surface area contributed by atoms with Gasteiger partial charge in [-0.1, -0.05) is 84.0 Å². The normalized spacial score (nSPS) is 10.8. The van der Waals surface area contributed by atoms with Crippen molar-refractivity contribution in [2.75, 3.05) is 23.7 Å². The topological polar surface area (TPSA) is 58.1 Å². The minimum absolute atomic E-state index is 0.0920. The highest BCUT2D eigenvalue weighted by atomic mass is 35.5. The maximum Gasteiger partial charge on any atom is 0.231 e. The van der Waals surface area contributed by atoms with Gasteiger partial charge < -0.3 is 10.2 Å². The molecule has 0 radical (unpaired) electrons. The summed E-state index contributed by atoms with van der Waals surface area (Å²) in [5.74, 6) is 0.883. The monoisotopic (exact) mass is 440 g/mol. The SMILES string of the molecule is CCN(CC)c1cc(Cl)nc(SCC(=O)NC(c2ccccc2)c2ccccc2)n1. The van der Waals surface area contributed by atoms with E-state index < -0.39 is 0 Å². The van der Waals surface area contributed by atoms with Crippen LogP contribution >= 0.6 is 23.4 Å². The predicted octanol–water partition coefficient (Wildman–Crippen LogP) is 4.97. The molecule has 0 bridgehead atoms. The molecule has 3 aromatic rings. The number of carbonyl (C=O) groups is 1. The van der Waals surface area contributed by atoms with Crippen LogP contribution in [0.15, 0.2) is 71.9 Å². The quantitative estimate of drug-likeness (QED) is 0.289. The van der Waals surface area contributed by atoms with Gasteiger partial charge in [-0.2, -0.15) is 0 Å². The van der Waals surface area contributed by atoms with Crippen LogP contribution in [0.25, 0.3) is 0 Å². The highest BCUT2D eigenvalue weighted by Gasteiger charge is 2.17. The van der Waals surface area contributed by atoms with E-state index in [4.69, 9.17) is 11.6 Å². The molecule has 156 valence electrons. The van der Waals surface area contributed by atoms with Crippen molar-refractivity contribution in [1.29, 1.82) is 0 Å². The van der Waals surface area contributed by atoms with Crippen molar-refractivity contribution in [1.82, 2.24) is 15.3 Å². The van der Waals surface area contributed by atoms with Crippen molar-refractivity contribution in [2.24, 2.45) is 0 Å². The van der Waals surface area contributed by atoms with Gasteiger partial charge in [-0.15, -0.1) is 0 Å². The summed E-state index contributed by atoms with van der Waals surface area (Å²) in [5.41, 5.74) is 2.06. The first kappa shape index (κ1) is 22.1. The number of nitrogens with one attached hydrogen (secondary N) is 1. The van der Waals surface area contributed by atoms with Crippen LogP contribution in [-0.2, 0) is 4.79 Å². The number of halogens is 1. The Balaban J connectivity index is 1.71. The molecule has 0 aliphatic heterocycles. The number of anilines is 1. The van der Waals surface area contributed by atoms with Gasteiger partial charge in [-0.05, 0) is 25.0 Å². The van der Waals surface area contributed by atoms with Crippen LogP contribution in [0.4, 0.5) is 5.82 Å². The molecule has 0 saturated carbocycles. The maximum absolute atomic E-state index is 12.8. The lowest BCUT2D eigenvalue weighted by Crippen LogP contribution is -2.30. The summed E-state index contributed by atoms with van der Waals surface area (Å²) in [5, 5.41) is 4.01. The third-order valence-corrected chi connectivity index (χ3v) is 5.69. The molecule has 0 fully saturated rings. The van der Waals surface area contributed by atoms with E-state index in [9.17, 15) is 4.79 Å². The van der Waals surface area contributed by atoms with Crippen LogP contribution in [0.3, 0.4) is 0 Å². The highest BCUT2D eigenvalue weighted by molar-refractivity contribution is 7.99. The number of nitrogens with zero attached hydrogens (tertiary/aromatic N) is 3. The maximum atomic E-state index is 12.8. The van der Waals surface area contributed by atoms with Gasteiger partial charge in [0.2, 0.25) is 5.91 Å². The molecule has 0 aliphatic rings. The minimum Gasteiger partial charge on any atom is -0.357 e. The smallest absolute Gasteiger partial charge is 0.231 e. The van der Waals surface area contributed by atoms with Crippen LogP contribution in [0.5, 0.6) is 0 Å². The molecule has 0 aliphatic carbocycles. The van der Waals surface area contributed by atoms with Crippen LogP contribution in [0.2, 0.25) is 5.15 Å².